The molecule has 3 nitrogen and oxygen atoms in total. The summed E-state index contributed by atoms with van der Waals surface area (Å²) in [4.78, 5) is 21.8. The average molecular weight is 263 g/mol. The third-order valence-electron chi connectivity index (χ3n) is 2.10. The van der Waals surface area contributed by atoms with Crippen LogP contribution in [0.5, 0.6) is 0 Å². The van der Waals surface area contributed by atoms with Crippen molar-refractivity contribution in [2.24, 2.45) is 0 Å². The van der Waals surface area contributed by atoms with Gasteiger partial charge in [0.2, 0.25) is 0 Å². The van der Waals surface area contributed by atoms with Crippen molar-refractivity contribution in [3.8, 4) is 0 Å². The number of hydrogen-bond acceptors (Lipinski definition) is 2. The molecule has 6 heteroatoms. The molecule has 0 heterocycles. The molecule has 17 heavy (non-hydrogen) atoms. The number of halogens is 3. The normalized spacial score (nSPS) is 10.3. The summed E-state index contributed by atoms with van der Waals surface area (Å²) in [7, 11) is 0. The van der Waals surface area contributed by atoms with Crippen molar-refractivity contribution in [3.63, 3.8) is 0 Å². The van der Waals surface area contributed by atoms with E-state index in [2.05, 4.69) is 0 Å². The Morgan fingerprint density at radius 2 is 1.76 bits per heavy atom. The van der Waals surface area contributed by atoms with E-state index in [0.717, 1.165) is 12.1 Å². The molecular formula is C11H9ClF2O3. The van der Waals surface area contributed by atoms with Gasteiger partial charge >= 0.3 is 5.97 Å². The van der Waals surface area contributed by atoms with Gasteiger partial charge in [-0.05, 0) is 18.6 Å². The van der Waals surface area contributed by atoms with Gasteiger partial charge in [0.1, 0.15) is 0 Å². The van der Waals surface area contributed by atoms with Crippen molar-refractivity contribution >= 4 is 23.4 Å². The fourth-order valence-corrected chi connectivity index (χ4v) is 1.53. The molecule has 1 N–H and O–H groups in total. The highest BCUT2D eigenvalue weighted by Crippen LogP contribution is 2.22. The molecule has 92 valence electrons. The monoisotopic (exact) mass is 262 g/mol. The van der Waals surface area contributed by atoms with Crippen molar-refractivity contribution in [2.45, 2.75) is 19.3 Å². The molecule has 0 aliphatic heterocycles. The Morgan fingerprint density at radius 1 is 1.18 bits per heavy atom. The number of carboxylic acids is 1. The summed E-state index contributed by atoms with van der Waals surface area (Å²) in [6, 6.07) is 1.45. The van der Waals surface area contributed by atoms with E-state index in [9.17, 15) is 18.4 Å². The number of carbonyl (C=O) groups excluding carboxylic acids is 1. The maximum absolute atomic E-state index is 12.9. The van der Waals surface area contributed by atoms with Crippen LogP contribution in [-0.4, -0.2) is 16.9 Å². The summed E-state index contributed by atoms with van der Waals surface area (Å²) in [5.74, 6) is -3.81. The summed E-state index contributed by atoms with van der Waals surface area (Å²) in [6.45, 7) is 0. The Bertz CT molecular complexity index is 460. The lowest BCUT2D eigenvalue weighted by molar-refractivity contribution is -0.137. The Kier molecular flexibility index (Phi) is 4.57. The molecule has 1 aromatic carbocycles. The molecule has 0 radical (unpaired) electrons. The smallest absolute Gasteiger partial charge is 0.303 e. The molecular weight excluding hydrogens is 254 g/mol. The van der Waals surface area contributed by atoms with Crippen LogP contribution in [0, 0.1) is 11.6 Å². The minimum Gasteiger partial charge on any atom is -0.481 e. The van der Waals surface area contributed by atoms with Gasteiger partial charge < -0.3 is 5.11 Å². The molecule has 0 aromatic heterocycles. The zero-order valence-corrected chi connectivity index (χ0v) is 9.43. The van der Waals surface area contributed by atoms with Crippen molar-refractivity contribution in [3.05, 3.63) is 34.4 Å². The minimum atomic E-state index is -1.16. The second-order valence-corrected chi connectivity index (χ2v) is 3.82. The van der Waals surface area contributed by atoms with Gasteiger partial charge in [-0.3, -0.25) is 9.59 Å². The first-order valence-electron chi connectivity index (χ1n) is 4.81. The van der Waals surface area contributed by atoms with Gasteiger partial charge in [-0.15, -0.1) is 0 Å². The van der Waals surface area contributed by atoms with Crippen LogP contribution in [0.2, 0.25) is 5.02 Å². The molecule has 0 aliphatic rings. The zero-order valence-electron chi connectivity index (χ0n) is 8.67. The molecule has 0 aliphatic carbocycles. The summed E-state index contributed by atoms with van der Waals surface area (Å²) < 4.78 is 25.6. The molecule has 0 unspecified atom stereocenters. The molecule has 0 saturated heterocycles. The van der Waals surface area contributed by atoms with E-state index in [1.165, 1.54) is 0 Å². The number of ketones is 1. The van der Waals surface area contributed by atoms with Crippen LogP contribution in [0.3, 0.4) is 0 Å². The topological polar surface area (TPSA) is 54.4 Å². The average Bonchev–Trinajstić information content (AvgIpc) is 2.22. The highest BCUT2D eigenvalue weighted by atomic mass is 35.5. The first-order chi connectivity index (χ1) is 7.91. The summed E-state index contributed by atoms with van der Waals surface area (Å²) in [5, 5.41) is 8.21. The SMILES string of the molecule is O=C(O)CCCC(=O)c1cc(F)c(F)cc1Cl. The van der Waals surface area contributed by atoms with E-state index < -0.39 is 23.4 Å². The molecule has 0 bridgehead atoms. The first-order valence-corrected chi connectivity index (χ1v) is 5.19. The number of hydrogen-bond donors (Lipinski definition) is 1. The van der Waals surface area contributed by atoms with Crippen LogP contribution in [-0.2, 0) is 4.79 Å². The van der Waals surface area contributed by atoms with E-state index >= 15 is 0 Å². The second-order valence-electron chi connectivity index (χ2n) is 3.42. The summed E-state index contributed by atoms with van der Waals surface area (Å²) >= 11 is 5.59. The van der Waals surface area contributed by atoms with E-state index in [1.807, 2.05) is 0 Å². The third kappa shape index (κ3) is 3.78. The van der Waals surface area contributed by atoms with Crippen LogP contribution in [0.4, 0.5) is 8.78 Å². The summed E-state index contributed by atoms with van der Waals surface area (Å²) in [5.41, 5.74) is -0.129. The van der Waals surface area contributed by atoms with Crippen molar-refractivity contribution in [1.82, 2.24) is 0 Å². The minimum absolute atomic E-state index is 0.0723. The van der Waals surface area contributed by atoms with E-state index in [0.29, 0.717) is 0 Å². The fourth-order valence-electron chi connectivity index (χ4n) is 1.27. The lowest BCUT2D eigenvalue weighted by atomic mass is 10.1. The van der Waals surface area contributed by atoms with Gasteiger partial charge in [-0.1, -0.05) is 11.6 Å². The summed E-state index contributed by atoms with van der Waals surface area (Å²) in [6.07, 6.45) is -0.104. The number of carbonyl (C=O) groups is 2. The largest absolute Gasteiger partial charge is 0.481 e. The second kappa shape index (κ2) is 5.72. The van der Waals surface area contributed by atoms with Gasteiger partial charge in [-0.25, -0.2) is 8.78 Å². The third-order valence-corrected chi connectivity index (χ3v) is 2.42. The predicted molar refractivity (Wildman–Crippen MR) is 57.2 cm³/mol. The van der Waals surface area contributed by atoms with E-state index in [4.69, 9.17) is 16.7 Å². The Morgan fingerprint density at radius 3 is 2.35 bits per heavy atom. The van der Waals surface area contributed by atoms with E-state index in [-0.39, 0.29) is 29.8 Å². The van der Waals surface area contributed by atoms with Gasteiger partial charge in [-0.2, -0.15) is 0 Å². The lowest BCUT2D eigenvalue weighted by Crippen LogP contribution is -2.04. The molecule has 1 rings (SSSR count). The maximum atomic E-state index is 12.9. The highest BCUT2D eigenvalue weighted by molar-refractivity contribution is 6.33. The standard InChI is InChI=1S/C11H9ClF2O3/c12-7-5-9(14)8(13)4-6(7)10(15)2-1-3-11(16)17/h4-5H,1-3H2,(H,16,17). The highest BCUT2D eigenvalue weighted by Gasteiger charge is 2.15. The van der Waals surface area contributed by atoms with Crippen molar-refractivity contribution in [2.75, 3.05) is 0 Å². The molecule has 1 aromatic rings. The van der Waals surface area contributed by atoms with E-state index in [1.54, 1.807) is 0 Å². The number of carboxylic acid groups (broad SMARTS) is 1. The van der Waals surface area contributed by atoms with Gasteiger partial charge in [0, 0.05) is 18.4 Å². The van der Waals surface area contributed by atoms with Crippen LogP contribution in [0.1, 0.15) is 29.6 Å². The van der Waals surface area contributed by atoms with Crippen molar-refractivity contribution < 1.29 is 23.5 Å². The van der Waals surface area contributed by atoms with Crippen LogP contribution < -0.4 is 0 Å². The van der Waals surface area contributed by atoms with Gasteiger partial charge in [0.05, 0.1) is 5.02 Å². The number of benzene rings is 1. The van der Waals surface area contributed by atoms with Crippen LogP contribution >= 0.6 is 11.6 Å². The first kappa shape index (κ1) is 13.6. The maximum Gasteiger partial charge on any atom is 0.303 e. The van der Waals surface area contributed by atoms with Gasteiger partial charge in [0.15, 0.2) is 17.4 Å². The Hall–Kier alpha value is -1.49. The molecule has 0 saturated carbocycles. The number of Topliss-reactive ketones (excluding diaryl/α,β-unsaturated/α-hetero) is 1. The quantitative estimate of drug-likeness (QED) is 0.655. The predicted octanol–water partition coefficient (Wildman–Crippen LogP) is 3.06. The molecule has 0 amide bonds. The molecule has 0 fully saturated rings. The van der Waals surface area contributed by atoms with Crippen LogP contribution in [0.15, 0.2) is 12.1 Å². The zero-order chi connectivity index (χ0) is 13.0. The number of rotatable bonds is 5. The molecule has 0 spiro atoms. The molecule has 0 atom stereocenters. The lowest BCUT2D eigenvalue weighted by Gasteiger charge is -2.03. The fraction of sp³-hybridized carbons (Fsp3) is 0.273. The Balaban J connectivity index is 2.75. The number of aliphatic carboxylic acids is 1. The Labute approximate surface area is 101 Å². The van der Waals surface area contributed by atoms with Gasteiger partial charge in [0.25, 0.3) is 0 Å². The van der Waals surface area contributed by atoms with Crippen LogP contribution in [0.25, 0.3) is 0 Å². The van der Waals surface area contributed by atoms with Crippen molar-refractivity contribution in [1.29, 1.82) is 0 Å².